The van der Waals surface area contributed by atoms with E-state index in [1.165, 1.54) is 6.42 Å². The van der Waals surface area contributed by atoms with Crippen LogP contribution in [-0.2, 0) is 14.8 Å². The van der Waals surface area contributed by atoms with Gasteiger partial charge in [0.05, 0.1) is 4.90 Å². The van der Waals surface area contributed by atoms with Gasteiger partial charge in [0, 0.05) is 24.7 Å². The molecule has 0 spiro atoms. The molecule has 1 amide bonds. The number of carbonyl (C=O) groups excluding carboxylic acids is 1. The third kappa shape index (κ3) is 5.30. The third-order valence-electron chi connectivity index (χ3n) is 5.71. The Bertz CT molecular complexity index is 794. The Morgan fingerprint density at radius 1 is 1.04 bits per heavy atom. The number of nitrogens with one attached hydrogen (secondary N) is 2. The van der Waals surface area contributed by atoms with Crippen LogP contribution in [0.1, 0.15) is 51.9 Å². The van der Waals surface area contributed by atoms with Gasteiger partial charge >= 0.3 is 0 Å². The Hall–Kier alpha value is -1.51. The van der Waals surface area contributed by atoms with E-state index in [0.717, 1.165) is 38.5 Å². The molecule has 8 heteroatoms. The van der Waals surface area contributed by atoms with E-state index in [1.54, 1.807) is 28.6 Å². The zero-order valence-corrected chi connectivity index (χ0v) is 17.9. The zero-order chi connectivity index (χ0) is 20.1. The monoisotopic (exact) mass is 423 g/mol. The van der Waals surface area contributed by atoms with Crippen molar-refractivity contribution in [1.29, 1.82) is 0 Å². The molecule has 3 rings (SSSR count). The summed E-state index contributed by atoms with van der Waals surface area (Å²) in [4.78, 5) is 12.5. The lowest BCUT2D eigenvalue weighted by Gasteiger charge is -2.29. The van der Waals surface area contributed by atoms with Gasteiger partial charge in [-0.05, 0) is 68.1 Å². The van der Waals surface area contributed by atoms with Crippen LogP contribution in [0.15, 0.2) is 29.2 Å². The summed E-state index contributed by atoms with van der Waals surface area (Å²) in [5.41, 5.74) is 0.653. The van der Waals surface area contributed by atoms with Gasteiger partial charge in [-0.2, -0.15) is 4.31 Å². The van der Waals surface area contributed by atoms with Crippen molar-refractivity contribution in [2.24, 2.45) is 11.8 Å². The molecule has 1 aromatic carbocycles. The van der Waals surface area contributed by atoms with Crippen molar-refractivity contribution in [3.63, 3.8) is 0 Å². The highest BCUT2D eigenvalue weighted by molar-refractivity contribution is 7.89. The summed E-state index contributed by atoms with van der Waals surface area (Å²) in [5, 5.41) is 5.97. The number of sulfonamides is 1. The predicted molar refractivity (Wildman–Crippen MR) is 115 cm³/mol. The van der Waals surface area contributed by atoms with Gasteiger partial charge in [-0.15, -0.1) is 0 Å². The molecule has 1 saturated carbocycles. The average Bonchev–Trinajstić information content (AvgIpc) is 2.69. The van der Waals surface area contributed by atoms with Crippen LogP contribution in [0.3, 0.4) is 0 Å². The lowest BCUT2D eigenvalue weighted by Crippen LogP contribution is -2.39. The summed E-state index contributed by atoms with van der Waals surface area (Å²) in [5.74, 6) is 0.576. The van der Waals surface area contributed by atoms with Crippen molar-refractivity contribution in [3.05, 3.63) is 24.3 Å². The molecule has 2 fully saturated rings. The fourth-order valence-electron chi connectivity index (χ4n) is 3.83. The van der Waals surface area contributed by atoms with Crippen LogP contribution in [0, 0.1) is 11.8 Å². The number of piperidine rings is 1. The number of benzene rings is 1. The molecule has 1 heterocycles. The molecule has 0 bridgehead atoms. The zero-order valence-electron chi connectivity index (χ0n) is 16.3. The highest BCUT2D eigenvalue weighted by Gasteiger charge is 2.28. The Kier molecular flexibility index (Phi) is 7.06. The molecule has 1 aliphatic heterocycles. The van der Waals surface area contributed by atoms with E-state index in [0.29, 0.717) is 24.7 Å². The van der Waals surface area contributed by atoms with Gasteiger partial charge in [0.1, 0.15) is 0 Å². The standard InChI is InChI=1S/C20H29N3O3S2/c1-15-11-13-23(14-12-15)28(25,26)18-9-7-17(8-10-18)21-20(27)22-19(24)16-5-3-2-4-6-16/h7-10,15-16H,2-6,11-14H2,1H3,(H2,21,22,24,27). The Balaban J connectivity index is 1.56. The molecular formula is C20H29N3O3S2. The minimum atomic E-state index is -3.46. The Morgan fingerprint density at radius 3 is 2.25 bits per heavy atom. The van der Waals surface area contributed by atoms with Crippen LogP contribution in [-0.4, -0.2) is 36.8 Å². The maximum atomic E-state index is 12.8. The van der Waals surface area contributed by atoms with Gasteiger partial charge in [-0.3, -0.25) is 4.79 Å². The van der Waals surface area contributed by atoms with Gasteiger partial charge in [-0.25, -0.2) is 8.42 Å². The number of anilines is 1. The molecule has 1 aromatic rings. The molecule has 2 aliphatic rings. The minimum Gasteiger partial charge on any atom is -0.332 e. The number of amides is 1. The maximum Gasteiger partial charge on any atom is 0.243 e. The average molecular weight is 424 g/mol. The van der Waals surface area contributed by atoms with Crippen LogP contribution in [0.4, 0.5) is 5.69 Å². The molecule has 0 aromatic heterocycles. The molecule has 1 aliphatic carbocycles. The van der Waals surface area contributed by atoms with E-state index in [2.05, 4.69) is 17.6 Å². The number of rotatable bonds is 4. The number of thiocarbonyl (C=S) groups is 1. The van der Waals surface area contributed by atoms with Crippen LogP contribution >= 0.6 is 12.2 Å². The third-order valence-corrected chi connectivity index (χ3v) is 7.82. The number of carbonyl (C=O) groups is 1. The molecule has 154 valence electrons. The number of hydrogen-bond donors (Lipinski definition) is 2. The van der Waals surface area contributed by atoms with Crippen molar-refractivity contribution >= 4 is 38.9 Å². The molecule has 6 nitrogen and oxygen atoms in total. The second kappa shape index (κ2) is 9.33. The van der Waals surface area contributed by atoms with E-state index in [-0.39, 0.29) is 21.8 Å². The quantitative estimate of drug-likeness (QED) is 0.725. The molecule has 0 atom stereocenters. The summed E-state index contributed by atoms with van der Waals surface area (Å²) in [6.45, 7) is 3.29. The van der Waals surface area contributed by atoms with Crippen LogP contribution in [0.25, 0.3) is 0 Å². The fourth-order valence-corrected chi connectivity index (χ4v) is 5.51. The van der Waals surface area contributed by atoms with Crippen molar-refractivity contribution in [3.8, 4) is 0 Å². The van der Waals surface area contributed by atoms with Gasteiger partial charge in [0.2, 0.25) is 15.9 Å². The summed E-state index contributed by atoms with van der Waals surface area (Å²) in [6.07, 6.45) is 6.99. The van der Waals surface area contributed by atoms with E-state index in [9.17, 15) is 13.2 Å². The SMILES string of the molecule is CC1CCN(S(=O)(=O)c2ccc(NC(=S)NC(=O)C3CCCCC3)cc2)CC1. The van der Waals surface area contributed by atoms with E-state index in [4.69, 9.17) is 12.2 Å². The molecule has 0 unspecified atom stereocenters. The largest absolute Gasteiger partial charge is 0.332 e. The maximum absolute atomic E-state index is 12.8. The molecule has 28 heavy (non-hydrogen) atoms. The summed E-state index contributed by atoms with van der Waals surface area (Å²) in [6, 6.07) is 6.53. The normalized spacial score (nSPS) is 19.9. The lowest BCUT2D eigenvalue weighted by molar-refractivity contribution is -0.124. The number of hydrogen-bond acceptors (Lipinski definition) is 4. The van der Waals surface area contributed by atoms with E-state index >= 15 is 0 Å². The molecule has 1 saturated heterocycles. The lowest BCUT2D eigenvalue weighted by atomic mass is 9.89. The van der Waals surface area contributed by atoms with Crippen LogP contribution in [0.2, 0.25) is 0 Å². The summed E-state index contributed by atoms with van der Waals surface area (Å²) >= 11 is 5.23. The minimum absolute atomic E-state index is 0.0317. The number of nitrogens with zero attached hydrogens (tertiary/aromatic N) is 1. The van der Waals surface area contributed by atoms with Crippen molar-refractivity contribution < 1.29 is 13.2 Å². The Labute approximate surface area is 173 Å². The second-order valence-corrected chi connectivity index (χ2v) is 10.2. The van der Waals surface area contributed by atoms with Gasteiger partial charge < -0.3 is 10.6 Å². The summed E-state index contributed by atoms with van der Waals surface area (Å²) < 4.78 is 27.1. The molecule has 0 radical (unpaired) electrons. The van der Waals surface area contributed by atoms with Crippen LogP contribution < -0.4 is 10.6 Å². The van der Waals surface area contributed by atoms with Crippen molar-refractivity contribution in [2.75, 3.05) is 18.4 Å². The Morgan fingerprint density at radius 2 is 1.64 bits per heavy atom. The summed E-state index contributed by atoms with van der Waals surface area (Å²) in [7, 11) is -3.46. The van der Waals surface area contributed by atoms with Crippen molar-refractivity contribution in [1.82, 2.24) is 9.62 Å². The predicted octanol–water partition coefficient (Wildman–Crippen LogP) is 3.50. The first-order valence-corrected chi connectivity index (χ1v) is 11.9. The topological polar surface area (TPSA) is 78.5 Å². The van der Waals surface area contributed by atoms with Gasteiger partial charge in [-0.1, -0.05) is 26.2 Å². The molecular weight excluding hydrogens is 394 g/mol. The first-order chi connectivity index (χ1) is 13.4. The van der Waals surface area contributed by atoms with E-state index in [1.807, 2.05) is 0 Å². The van der Waals surface area contributed by atoms with Crippen LogP contribution in [0.5, 0.6) is 0 Å². The highest BCUT2D eigenvalue weighted by Crippen LogP contribution is 2.25. The first kappa shape index (κ1) is 21.2. The van der Waals surface area contributed by atoms with E-state index < -0.39 is 10.0 Å². The second-order valence-electron chi connectivity index (χ2n) is 7.89. The molecule has 2 N–H and O–H groups in total. The van der Waals surface area contributed by atoms with Gasteiger partial charge in [0.25, 0.3) is 0 Å². The van der Waals surface area contributed by atoms with Gasteiger partial charge in [0.15, 0.2) is 5.11 Å². The highest BCUT2D eigenvalue weighted by atomic mass is 32.2. The smallest absolute Gasteiger partial charge is 0.243 e. The van der Waals surface area contributed by atoms with Crippen molar-refractivity contribution in [2.45, 2.75) is 56.8 Å². The first-order valence-electron chi connectivity index (χ1n) is 10.1. The fraction of sp³-hybridized carbons (Fsp3) is 0.600.